The van der Waals surface area contributed by atoms with E-state index >= 15 is 0 Å². The van der Waals surface area contributed by atoms with Crippen LogP contribution >= 0.6 is 22.9 Å². The van der Waals surface area contributed by atoms with Gasteiger partial charge in [-0.1, -0.05) is 18.2 Å². The topological polar surface area (TPSA) is 18.8 Å². The fraction of sp³-hybridized carbons (Fsp3) is 0.300. The van der Waals surface area contributed by atoms with Gasteiger partial charge in [0.2, 0.25) is 5.96 Å². The lowest BCUT2D eigenvalue weighted by atomic mass is 10.3. The van der Waals surface area contributed by atoms with Crippen LogP contribution < -0.4 is 0 Å². The summed E-state index contributed by atoms with van der Waals surface area (Å²) in [4.78, 5) is 6.50. The highest BCUT2D eigenvalue weighted by molar-refractivity contribution is 14.1. The molecule has 1 aromatic rings. The van der Waals surface area contributed by atoms with E-state index in [1.165, 1.54) is 0 Å². The van der Waals surface area contributed by atoms with Gasteiger partial charge in [-0.2, -0.15) is 0 Å². The van der Waals surface area contributed by atoms with Crippen LogP contribution in [-0.4, -0.2) is 35.1 Å². The van der Waals surface area contributed by atoms with Crippen LogP contribution in [0.1, 0.15) is 0 Å². The van der Waals surface area contributed by atoms with Gasteiger partial charge in [-0.25, -0.2) is 4.99 Å². The van der Waals surface area contributed by atoms with E-state index in [0.717, 1.165) is 11.6 Å². The Morgan fingerprint density at radius 1 is 1.14 bits per heavy atom. The number of aliphatic imine (C=N–C) groups is 1. The fourth-order valence-electron chi connectivity index (χ4n) is 1.06. The lowest BCUT2D eigenvalue weighted by molar-refractivity contribution is 0.565. The molecule has 1 aromatic carbocycles. The van der Waals surface area contributed by atoms with Crippen molar-refractivity contribution in [3.8, 4) is 0 Å². The third-order valence-corrected chi connectivity index (χ3v) is 2.09. The standard InChI is InChI=1S/C10H14IN3/c1-13(2)10(14(3)11)12-9-7-5-4-6-8-9/h4-8H,1-3H3. The van der Waals surface area contributed by atoms with E-state index in [2.05, 4.69) is 27.9 Å². The highest BCUT2D eigenvalue weighted by Gasteiger charge is 2.05. The molecular weight excluding hydrogens is 289 g/mol. The van der Waals surface area contributed by atoms with E-state index in [4.69, 9.17) is 0 Å². The Balaban J connectivity index is 2.94. The molecular formula is C10H14IN3. The molecule has 0 amide bonds. The first-order chi connectivity index (χ1) is 6.61. The van der Waals surface area contributed by atoms with Crippen LogP contribution in [0.15, 0.2) is 35.3 Å². The molecule has 0 N–H and O–H groups in total. The molecule has 14 heavy (non-hydrogen) atoms. The summed E-state index contributed by atoms with van der Waals surface area (Å²) in [6, 6.07) is 9.94. The van der Waals surface area contributed by atoms with E-state index in [1.54, 1.807) is 0 Å². The number of para-hydroxylation sites is 1. The first-order valence-electron chi connectivity index (χ1n) is 4.32. The van der Waals surface area contributed by atoms with E-state index in [-0.39, 0.29) is 0 Å². The number of guanidine groups is 1. The highest BCUT2D eigenvalue weighted by atomic mass is 127. The lowest BCUT2D eigenvalue weighted by Crippen LogP contribution is -2.31. The van der Waals surface area contributed by atoms with Gasteiger partial charge in [0.25, 0.3) is 0 Å². The van der Waals surface area contributed by atoms with Gasteiger partial charge >= 0.3 is 0 Å². The second-order valence-electron chi connectivity index (χ2n) is 3.12. The molecule has 0 saturated carbocycles. The zero-order chi connectivity index (χ0) is 10.6. The number of halogens is 1. The average molecular weight is 303 g/mol. The SMILES string of the molecule is CN(C)C(=Nc1ccccc1)N(C)I. The van der Waals surface area contributed by atoms with Crippen molar-refractivity contribution in [2.45, 2.75) is 0 Å². The Kier molecular flexibility index (Phi) is 4.19. The van der Waals surface area contributed by atoms with Crippen LogP contribution in [0.25, 0.3) is 0 Å². The Morgan fingerprint density at radius 3 is 2.14 bits per heavy atom. The van der Waals surface area contributed by atoms with Gasteiger partial charge in [-0.05, 0) is 12.1 Å². The summed E-state index contributed by atoms with van der Waals surface area (Å²) in [6.07, 6.45) is 0. The maximum atomic E-state index is 4.52. The van der Waals surface area contributed by atoms with Crippen molar-refractivity contribution in [2.75, 3.05) is 21.1 Å². The molecule has 0 bridgehead atoms. The largest absolute Gasteiger partial charge is 0.348 e. The third kappa shape index (κ3) is 3.17. The fourth-order valence-corrected chi connectivity index (χ4v) is 1.60. The molecule has 3 nitrogen and oxygen atoms in total. The van der Waals surface area contributed by atoms with Crippen molar-refractivity contribution in [3.63, 3.8) is 0 Å². The summed E-state index contributed by atoms with van der Waals surface area (Å²) in [5.41, 5.74) is 0.972. The minimum atomic E-state index is 0.928. The van der Waals surface area contributed by atoms with Crippen LogP contribution in [0, 0.1) is 0 Å². The van der Waals surface area contributed by atoms with Crippen molar-refractivity contribution < 1.29 is 0 Å². The Labute approximate surface area is 98.9 Å². The van der Waals surface area contributed by atoms with Crippen molar-refractivity contribution in [2.24, 2.45) is 4.99 Å². The monoisotopic (exact) mass is 303 g/mol. The number of nitrogens with zero attached hydrogens (tertiary/aromatic N) is 3. The number of rotatable bonds is 1. The predicted octanol–water partition coefficient (Wildman–Crippen LogP) is 2.52. The van der Waals surface area contributed by atoms with Crippen molar-refractivity contribution in [3.05, 3.63) is 30.3 Å². The van der Waals surface area contributed by atoms with Gasteiger partial charge in [0.05, 0.1) is 28.6 Å². The van der Waals surface area contributed by atoms with Crippen LogP contribution in [0.5, 0.6) is 0 Å². The number of hydrogen-bond acceptors (Lipinski definition) is 1. The van der Waals surface area contributed by atoms with Crippen LogP contribution in [-0.2, 0) is 0 Å². The predicted molar refractivity (Wildman–Crippen MR) is 69.0 cm³/mol. The van der Waals surface area contributed by atoms with Crippen LogP contribution in [0.3, 0.4) is 0 Å². The summed E-state index contributed by atoms with van der Waals surface area (Å²) in [6.45, 7) is 0. The van der Waals surface area contributed by atoms with Crippen molar-refractivity contribution in [1.82, 2.24) is 8.01 Å². The van der Waals surface area contributed by atoms with Gasteiger partial charge in [0.1, 0.15) is 0 Å². The zero-order valence-corrected chi connectivity index (χ0v) is 10.8. The van der Waals surface area contributed by atoms with Gasteiger partial charge in [0.15, 0.2) is 0 Å². The molecule has 0 unspecified atom stereocenters. The molecule has 4 heteroatoms. The first kappa shape index (κ1) is 11.3. The van der Waals surface area contributed by atoms with E-state index in [9.17, 15) is 0 Å². The second-order valence-corrected chi connectivity index (χ2v) is 4.57. The molecule has 0 saturated heterocycles. The maximum Gasteiger partial charge on any atom is 0.209 e. The molecule has 0 aromatic heterocycles. The summed E-state index contributed by atoms with van der Waals surface area (Å²) in [7, 11) is 5.94. The Morgan fingerprint density at radius 2 is 1.71 bits per heavy atom. The first-order valence-corrected chi connectivity index (χ1v) is 5.28. The summed E-state index contributed by atoms with van der Waals surface area (Å²) >= 11 is 2.21. The smallest absolute Gasteiger partial charge is 0.209 e. The minimum absolute atomic E-state index is 0.928. The molecule has 0 heterocycles. The summed E-state index contributed by atoms with van der Waals surface area (Å²) in [5.74, 6) is 0.928. The minimum Gasteiger partial charge on any atom is -0.348 e. The van der Waals surface area contributed by atoms with Crippen molar-refractivity contribution >= 4 is 34.5 Å². The van der Waals surface area contributed by atoms with Gasteiger partial charge < -0.3 is 4.90 Å². The van der Waals surface area contributed by atoms with Crippen molar-refractivity contribution in [1.29, 1.82) is 0 Å². The molecule has 76 valence electrons. The molecule has 0 aliphatic rings. The molecule has 0 aliphatic carbocycles. The van der Waals surface area contributed by atoms with E-state index in [1.807, 2.05) is 59.5 Å². The maximum absolute atomic E-state index is 4.52. The zero-order valence-electron chi connectivity index (χ0n) is 8.61. The van der Waals surface area contributed by atoms with Gasteiger partial charge in [-0.3, -0.25) is 3.11 Å². The molecule has 0 atom stereocenters. The second kappa shape index (κ2) is 5.19. The summed E-state index contributed by atoms with van der Waals surface area (Å²) in [5, 5.41) is 0. The molecule has 0 radical (unpaired) electrons. The third-order valence-electron chi connectivity index (χ3n) is 1.66. The van der Waals surface area contributed by atoms with E-state index < -0.39 is 0 Å². The average Bonchev–Trinajstić information content (AvgIpc) is 2.15. The van der Waals surface area contributed by atoms with Crippen LogP contribution in [0.4, 0.5) is 5.69 Å². The van der Waals surface area contributed by atoms with Crippen LogP contribution in [0.2, 0.25) is 0 Å². The van der Waals surface area contributed by atoms with Gasteiger partial charge in [-0.15, -0.1) is 0 Å². The normalized spacial score (nSPS) is 11.3. The lowest BCUT2D eigenvalue weighted by Gasteiger charge is -2.20. The molecule has 0 spiro atoms. The Hall–Kier alpha value is -0.780. The van der Waals surface area contributed by atoms with E-state index in [0.29, 0.717) is 0 Å². The highest BCUT2D eigenvalue weighted by Crippen LogP contribution is 2.12. The number of benzene rings is 1. The molecule has 0 fully saturated rings. The summed E-state index contributed by atoms with van der Waals surface area (Å²) < 4.78 is 1.96. The molecule has 0 aliphatic heterocycles. The number of hydrogen-bond donors (Lipinski definition) is 0. The quantitative estimate of drug-likeness (QED) is 0.344. The van der Waals surface area contributed by atoms with Gasteiger partial charge in [0, 0.05) is 21.1 Å². The molecule has 1 rings (SSSR count). The Bertz CT molecular complexity index is 296.